The zero-order valence-electron chi connectivity index (χ0n) is 15.1. The van der Waals surface area contributed by atoms with Crippen molar-refractivity contribution in [1.29, 1.82) is 0 Å². The predicted octanol–water partition coefficient (Wildman–Crippen LogP) is 3.75. The zero-order chi connectivity index (χ0) is 16.8. The first-order valence-electron chi connectivity index (χ1n) is 7.88. The molecule has 22 heavy (non-hydrogen) atoms. The van der Waals surface area contributed by atoms with Gasteiger partial charge < -0.3 is 5.11 Å². The molecular weight excluding hydrogens is 270 g/mol. The van der Waals surface area contributed by atoms with Gasteiger partial charge >= 0.3 is 0 Å². The van der Waals surface area contributed by atoms with Crippen molar-refractivity contribution in [3.8, 4) is 0 Å². The fourth-order valence-corrected chi connectivity index (χ4v) is 3.59. The summed E-state index contributed by atoms with van der Waals surface area (Å²) in [5.41, 5.74) is 10.7. The van der Waals surface area contributed by atoms with Gasteiger partial charge in [-0.25, -0.2) is 4.57 Å². The third kappa shape index (κ3) is 2.56. The van der Waals surface area contributed by atoms with Crippen LogP contribution in [0.1, 0.15) is 56.3 Å². The molecule has 1 N–H and O–H groups in total. The first kappa shape index (κ1) is 16.7. The van der Waals surface area contributed by atoms with Gasteiger partial charge in [0.05, 0.1) is 0 Å². The molecule has 2 nitrogen and oxygen atoms in total. The minimum absolute atomic E-state index is 0.594. The van der Waals surface area contributed by atoms with E-state index < -0.39 is 6.10 Å². The van der Waals surface area contributed by atoms with E-state index >= 15 is 0 Å². The normalized spacial score (nSPS) is 12.6. The van der Waals surface area contributed by atoms with Crippen molar-refractivity contribution in [3.63, 3.8) is 0 Å². The molecule has 118 valence electrons. The molecule has 1 aromatic carbocycles. The number of aromatic nitrogens is 1. The summed E-state index contributed by atoms with van der Waals surface area (Å²) < 4.78 is 2.05. The molecule has 2 heteroatoms. The van der Waals surface area contributed by atoms with Gasteiger partial charge in [-0.05, 0) is 87.9 Å². The van der Waals surface area contributed by atoms with Gasteiger partial charge in [-0.15, -0.1) is 0 Å². The van der Waals surface area contributed by atoms with Crippen molar-refractivity contribution in [2.24, 2.45) is 7.05 Å². The number of aryl methyl sites for hydroxylation is 3. The topological polar surface area (TPSA) is 24.1 Å². The van der Waals surface area contributed by atoms with E-state index in [9.17, 15) is 5.11 Å². The first-order chi connectivity index (χ1) is 10.2. The molecule has 0 saturated carbocycles. The second-order valence-corrected chi connectivity index (χ2v) is 6.64. The van der Waals surface area contributed by atoms with E-state index in [0.717, 1.165) is 16.8 Å². The number of aliphatic hydroxyl groups is 1. The average Bonchev–Trinajstić information content (AvgIpc) is 2.42. The fraction of sp³-hybridized carbons (Fsp3) is 0.450. The molecule has 0 aliphatic rings. The van der Waals surface area contributed by atoms with Gasteiger partial charge in [-0.3, -0.25) is 0 Å². The van der Waals surface area contributed by atoms with Crippen LogP contribution in [0.4, 0.5) is 0 Å². The highest BCUT2D eigenvalue weighted by Crippen LogP contribution is 2.33. The van der Waals surface area contributed by atoms with E-state index in [-0.39, 0.29) is 0 Å². The van der Waals surface area contributed by atoms with E-state index in [2.05, 4.69) is 65.3 Å². The van der Waals surface area contributed by atoms with Crippen LogP contribution >= 0.6 is 0 Å². The van der Waals surface area contributed by atoms with E-state index in [0.29, 0.717) is 0 Å². The van der Waals surface area contributed by atoms with Crippen LogP contribution in [0.3, 0.4) is 0 Å². The Kier molecular flexibility index (Phi) is 4.44. The predicted molar refractivity (Wildman–Crippen MR) is 91.3 cm³/mol. The molecule has 0 fully saturated rings. The maximum atomic E-state index is 11.1. The van der Waals surface area contributed by atoms with Crippen LogP contribution in [0.2, 0.25) is 0 Å². The van der Waals surface area contributed by atoms with Gasteiger partial charge in [0, 0.05) is 11.1 Å². The van der Waals surface area contributed by atoms with Crippen molar-refractivity contribution in [3.05, 3.63) is 62.5 Å². The molecule has 0 spiro atoms. The Morgan fingerprint density at radius 2 is 1.27 bits per heavy atom. The lowest BCUT2D eigenvalue weighted by Gasteiger charge is -2.22. The molecule has 0 aliphatic carbocycles. The Hall–Kier alpha value is -1.67. The van der Waals surface area contributed by atoms with Gasteiger partial charge in [-0.2, -0.15) is 0 Å². The van der Waals surface area contributed by atoms with Crippen molar-refractivity contribution in [2.45, 2.75) is 54.6 Å². The molecule has 2 rings (SSSR count). The van der Waals surface area contributed by atoms with Gasteiger partial charge in [0.2, 0.25) is 5.69 Å². The van der Waals surface area contributed by atoms with Crippen LogP contribution in [0.15, 0.2) is 12.3 Å². The lowest BCUT2D eigenvalue weighted by molar-refractivity contribution is -0.682. The summed E-state index contributed by atoms with van der Waals surface area (Å²) in [6, 6.07) is 2.14. The van der Waals surface area contributed by atoms with Crippen LogP contribution in [-0.4, -0.2) is 5.11 Å². The van der Waals surface area contributed by atoms with Crippen LogP contribution in [0.25, 0.3) is 0 Å². The second-order valence-electron chi connectivity index (χ2n) is 6.64. The number of hydrogen-bond acceptors (Lipinski definition) is 1. The largest absolute Gasteiger partial charge is 0.377 e. The zero-order valence-corrected chi connectivity index (χ0v) is 15.1. The van der Waals surface area contributed by atoms with Crippen molar-refractivity contribution >= 4 is 0 Å². The molecular formula is C20H28NO+. The van der Waals surface area contributed by atoms with E-state index in [1.165, 1.54) is 33.4 Å². The molecule has 1 atom stereocenters. The fourth-order valence-electron chi connectivity index (χ4n) is 3.59. The number of nitrogens with zero attached hydrogens (tertiary/aromatic N) is 1. The SMILES string of the molecule is Cc1cc(C)c(C(O)c2c(C)c(C)c(C)c(C)c2C)[n+](C)c1. The molecule has 0 bridgehead atoms. The Balaban J connectivity index is 2.73. The van der Waals surface area contributed by atoms with Gasteiger partial charge in [-0.1, -0.05) is 0 Å². The second kappa shape index (κ2) is 5.85. The van der Waals surface area contributed by atoms with E-state index in [1.807, 2.05) is 7.05 Å². The number of hydrogen-bond donors (Lipinski definition) is 1. The summed E-state index contributed by atoms with van der Waals surface area (Å²) in [6.07, 6.45) is 1.48. The summed E-state index contributed by atoms with van der Waals surface area (Å²) >= 11 is 0. The minimum atomic E-state index is -0.594. The summed E-state index contributed by atoms with van der Waals surface area (Å²) in [5, 5.41) is 11.1. The third-order valence-corrected chi connectivity index (χ3v) is 5.22. The Morgan fingerprint density at radius 1 is 0.818 bits per heavy atom. The van der Waals surface area contributed by atoms with Crippen molar-refractivity contribution < 1.29 is 9.67 Å². The summed E-state index contributed by atoms with van der Waals surface area (Å²) in [5.74, 6) is 0. The molecule has 0 aliphatic heterocycles. The summed E-state index contributed by atoms with van der Waals surface area (Å²) in [4.78, 5) is 0. The monoisotopic (exact) mass is 298 g/mol. The molecule has 1 unspecified atom stereocenters. The van der Waals surface area contributed by atoms with Crippen molar-refractivity contribution in [1.82, 2.24) is 0 Å². The molecule has 0 amide bonds. The quantitative estimate of drug-likeness (QED) is 0.839. The summed E-state index contributed by atoms with van der Waals surface area (Å²) in [7, 11) is 2.01. The summed E-state index contributed by atoms with van der Waals surface area (Å²) in [6.45, 7) is 14.9. The highest BCUT2D eigenvalue weighted by Gasteiger charge is 2.27. The molecule has 1 heterocycles. The highest BCUT2D eigenvalue weighted by atomic mass is 16.3. The maximum Gasteiger partial charge on any atom is 0.217 e. The minimum Gasteiger partial charge on any atom is -0.377 e. The molecule has 1 aromatic heterocycles. The van der Waals surface area contributed by atoms with Crippen molar-refractivity contribution in [2.75, 3.05) is 0 Å². The standard InChI is InChI=1S/C20H28NO/c1-11-9-12(2)19(21(8)10-11)20(22)18-16(6)14(4)13(3)15(5)17(18)7/h9-10,20,22H,1-8H3/q+1. The average molecular weight is 298 g/mol. The smallest absolute Gasteiger partial charge is 0.217 e. The molecule has 0 saturated heterocycles. The Labute approximate surface area is 134 Å². The van der Waals surface area contributed by atoms with Gasteiger partial charge in [0.25, 0.3) is 0 Å². The van der Waals surface area contributed by atoms with Crippen LogP contribution < -0.4 is 4.57 Å². The van der Waals surface area contributed by atoms with E-state index in [4.69, 9.17) is 0 Å². The number of pyridine rings is 1. The molecule has 0 radical (unpaired) electrons. The van der Waals surface area contributed by atoms with E-state index in [1.54, 1.807) is 0 Å². The number of aliphatic hydroxyl groups excluding tert-OH is 1. The Bertz CT molecular complexity index is 692. The Morgan fingerprint density at radius 3 is 1.73 bits per heavy atom. The lowest BCUT2D eigenvalue weighted by Crippen LogP contribution is -2.37. The number of benzene rings is 1. The maximum absolute atomic E-state index is 11.1. The van der Waals surface area contributed by atoms with Crippen LogP contribution in [0.5, 0.6) is 0 Å². The van der Waals surface area contributed by atoms with Crippen LogP contribution in [0, 0.1) is 48.5 Å². The third-order valence-electron chi connectivity index (χ3n) is 5.22. The lowest BCUT2D eigenvalue weighted by atomic mass is 9.85. The first-order valence-corrected chi connectivity index (χ1v) is 7.88. The van der Waals surface area contributed by atoms with Crippen LogP contribution in [-0.2, 0) is 7.05 Å². The molecule has 2 aromatic rings. The highest BCUT2D eigenvalue weighted by molar-refractivity contribution is 5.51. The number of rotatable bonds is 2. The van der Waals surface area contributed by atoms with Gasteiger partial charge in [0.1, 0.15) is 7.05 Å². The van der Waals surface area contributed by atoms with Gasteiger partial charge in [0.15, 0.2) is 12.3 Å².